The molecule has 0 unspecified atom stereocenters. The van der Waals surface area contributed by atoms with E-state index in [9.17, 15) is 4.79 Å². The molecule has 1 aliphatic rings. The lowest BCUT2D eigenvalue weighted by atomic mass is 10.1. The number of rotatable bonds is 1. The summed E-state index contributed by atoms with van der Waals surface area (Å²) in [5.41, 5.74) is 0.667. The van der Waals surface area contributed by atoms with Crippen molar-refractivity contribution in [2.24, 2.45) is 0 Å². The van der Waals surface area contributed by atoms with Gasteiger partial charge in [-0.1, -0.05) is 6.42 Å². The van der Waals surface area contributed by atoms with E-state index in [0.29, 0.717) is 5.56 Å². The minimum atomic E-state index is 0.667. The molecule has 1 aromatic heterocycles. The number of aldehydes is 2. The van der Waals surface area contributed by atoms with E-state index in [2.05, 4.69) is 16.9 Å². The first kappa shape index (κ1) is 16.4. The van der Waals surface area contributed by atoms with Crippen LogP contribution in [0.15, 0.2) is 24.5 Å². The molecular formula is C14H22N2O2. The molecule has 1 fully saturated rings. The zero-order chi connectivity index (χ0) is 13.6. The monoisotopic (exact) mass is 250 g/mol. The number of hydrogen-bond donors (Lipinski definition) is 0. The summed E-state index contributed by atoms with van der Waals surface area (Å²) in [6, 6.07) is 3.32. The van der Waals surface area contributed by atoms with E-state index in [0.717, 1.165) is 12.6 Å². The van der Waals surface area contributed by atoms with Crippen LogP contribution in [0.5, 0.6) is 0 Å². The lowest BCUT2D eigenvalue weighted by Gasteiger charge is -2.20. The second kappa shape index (κ2) is 11.9. The predicted octanol–water partition coefficient (Wildman–Crippen LogP) is 2.20. The fraction of sp³-hybridized carbons (Fsp3) is 0.500. The molecule has 0 aliphatic carbocycles. The molecule has 1 saturated heterocycles. The van der Waals surface area contributed by atoms with E-state index in [-0.39, 0.29) is 0 Å². The number of likely N-dealkylation sites (tertiary alicyclic amines) is 1. The molecule has 0 saturated carbocycles. The maximum absolute atomic E-state index is 9.98. The zero-order valence-electron chi connectivity index (χ0n) is 11.2. The third-order valence-corrected chi connectivity index (χ3v) is 2.42. The van der Waals surface area contributed by atoms with E-state index in [1.807, 2.05) is 0 Å². The first-order valence-electron chi connectivity index (χ1n) is 6.18. The molecule has 0 spiro atoms. The summed E-state index contributed by atoms with van der Waals surface area (Å²) < 4.78 is 0. The van der Waals surface area contributed by atoms with Crippen molar-refractivity contribution in [1.82, 2.24) is 9.88 Å². The SMILES string of the molecule is CC=O.CN1CCCCC1.O=Cc1ccncc1. The molecule has 0 amide bonds. The molecule has 4 heteroatoms. The number of nitrogens with zero attached hydrogens (tertiary/aromatic N) is 2. The second-order valence-corrected chi connectivity index (χ2v) is 4.00. The first-order chi connectivity index (χ1) is 8.74. The summed E-state index contributed by atoms with van der Waals surface area (Å²) in [6.45, 7) is 4.08. The quantitative estimate of drug-likeness (QED) is 0.717. The van der Waals surface area contributed by atoms with Gasteiger partial charge in [0.05, 0.1) is 0 Å². The van der Waals surface area contributed by atoms with Crippen LogP contribution in [-0.4, -0.2) is 42.6 Å². The van der Waals surface area contributed by atoms with Crippen LogP contribution in [0.2, 0.25) is 0 Å². The molecule has 4 nitrogen and oxygen atoms in total. The van der Waals surface area contributed by atoms with E-state index in [1.165, 1.54) is 39.3 Å². The van der Waals surface area contributed by atoms with Crippen molar-refractivity contribution in [3.8, 4) is 0 Å². The fourth-order valence-corrected chi connectivity index (χ4v) is 1.49. The van der Waals surface area contributed by atoms with Gasteiger partial charge in [0.15, 0.2) is 0 Å². The number of pyridine rings is 1. The van der Waals surface area contributed by atoms with Crippen molar-refractivity contribution in [2.75, 3.05) is 20.1 Å². The highest BCUT2D eigenvalue weighted by Crippen LogP contribution is 2.04. The van der Waals surface area contributed by atoms with Gasteiger partial charge < -0.3 is 9.69 Å². The van der Waals surface area contributed by atoms with Crippen molar-refractivity contribution in [3.05, 3.63) is 30.1 Å². The van der Waals surface area contributed by atoms with Crippen molar-refractivity contribution < 1.29 is 9.59 Å². The largest absolute Gasteiger partial charge is 0.306 e. The summed E-state index contributed by atoms with van der Waals surface area (Å²) in [7, 11) is 2.19. The summed E-state index contributed by atoms with van der Waals surface area (Å²) in [4.78, 5) is 24.9. The van der Waals surface area contributed by atoms with E-state index in [1.54, 1.807) is 24.5 Å². The molecule has 0 aromatic carbocycles. The van der Waals surface area contributed by atoms with Crippen LogP contribution < -0.4 is 0 Å². The maximum atomic E-state index is 9.98. The van der Waals surface area contributed by atoms with Crippen molar-refractivity contribution >= 4 is 12.6 Å². The fourth-order valence-electron chi connectivity index (χ4n) is 1.49. The molecule has 0 N–H and O–H groups in total. The van der Waals surface area contributed by atoms with Crippen LogP contribution in [0.1, 0.15) is 36.5 Å². The van der Waals surface area contributed by atoms with Gasteiger partial charge >= 0.3 is 0 Å². The Kier molecular flexibility index (Phi) is 10.9. The van der Waals surface area contributed by atoms with Crippen molar-refractivity contribution in [3.63, 3.8) is 0 Å². The molecule has 1 aromatic rings. The molecule has 0 atom stereocenters. The van der Waals surface area contributed by atoms with Crippen molar-refractivity contribution in [1.29, 1.82) is 0 Å². The standard InChI is InChI=1S/C6H5NO.C6H13N.C2H4O/c8-5-6-1-3-7-4-2-6;1-7-5-3-2-4-6-7;1-2-3/h1-5H;2-6H2,1H3;2H,1H3. The summed E-state index contributed by atoms with van der Waals surface area (Å²) in [6.07, 6.45) is 8.99. The molecule has 18 heavy (non-hydrogen) atoms. The topological polar surface area (TPSA) is 50.3 Å². The van der Waals surface area contributed by atoms with Gasteiger partial charge in [0.1, 0.15) is 12.6 Å². The van der Waals surface area contributed by atoms with Gasteiger partial charge in [0, 0.05) is 18.0 Å². The highest BCUT2D eigenvalue weighted by atomic mass is 16.1. The highest BCUT2D eigenvalue weighted by Gasteiger charge is 2.02. The van der Waals surface area contributed by atoms with Gasteiger partial charge in [-0.05, 0) is 52.0 Å². The van der Waals surface area contributed by atoms with Gasteiger partial charge in [-0.3, -0.25) is 9.78 Å². The summed E-state index contributed by atoms with van der Waals surface area (Å²) in [5, 5.41) is 0. The van der Waals surface area contributed by atoms with Crippen molar-refractivity contribution in [2.45, 2.75) is 26.2 Å². The Labute approximate surface area is 109 Å². The van der Waals surface area contributed by atoms with Crippen LogP contribution in [0.3, 0.4) is 0 Å². The van der Waals surface area contributed by atoms with Gasteiger partial charge in [-0.2, -0.15) is 0 Å². The van der Waals surface area contributed by atoms with Crippen LogP contribution in [0, 0.1) is 0 Å². The number of piperidine rings is 1. The number of carbonyl (C=O) groups excluding carboxylic acids is 2. The minimum absolute atomic E-state index is 0.667. The normalized spacial score (nSPS) is 14.3. The molecule has 2 heterocycles. The maximum Gasteiger partial charge on any atom is 0.150 e. The Morgan fingerprint density at radius 1 is 1.11 bits per heavy atom. The average molecular weight is 250 g/mol. The van der Waals surface area contributed by atoms with Gasteiger partial charge in [-0.25, -0.2) is 0 Å². The van der Waals surface area contributed by atoms with E-state index >= 15 is 0 Å². The lowest BCUT2D eigenvalue weighted by molar-refractivity contribution is -0.106. The Morgan fingerprint density at radius 2 is 1.61 bits per heavy atom. The van der Waals surface area contributed by atoms with Crippen LogP contribution >= 0.6 is 0 Å². The van der Waals surface area contributed by atoms with E-state index in [4.69, 9.17) is 4.79 Å². The number of carbonyl (C=O) groups is 2. The number of hydrogen-bond acceptors (Lipinski definition) is 4. The lowest BCUT2D eigenvalue weighted by Crippen LogP contribution is -2.24. The Hall–Kier alpha value is -1.55. The molecule has 100 valence electrons. The summed E-state index contributed by atoms with van der Waals surface area (Å²) in [5.74, 6) is 0. The third-order valence-electron chi connectivity index (χ3n) is 2.42. The number of aromatic nitrogens is 1. The minimum Gasteiger partial charge on any atom is -0.306 e. The molecule has 2 rings (SSSR count). The Bertz CT molecular complexity index is 309. The van der Waals surface area contributed by atoms with Gasteiger partial charge in [0.2, 0.25) is 0 Å². The predicted molar refractivity (Wildman–Crippen MR) is 72.7 cm³/mol. The highest BCUT2D eigenvalue weighted by molar-refractivity contribution is 5.73. The summed E-state index contributed by atoms with van der Waals surface area (Å²) >= 11 is 0. The van der Waals surface area contributed by atoms with Crippen LogP contribution in [0.25, 0.3) is 0 Å². The van der Waals surface area contributed by atoms with Crippen LogP contribution in [-0.2, 0) is 4.79 Å². The van der Waals surface area contributed by atoms with E-state index < -0.39 is 0 Å². The molecule has 1 aliphatic heterocycles. The average Bonchev–Trinajstić information content (AvgIpc) is 2.42. The Morgan fingerprint density at radius 3 is 1.89 bits per heavy atom. The smallest absolute Gasteiger partial charge is 0.150 e. The van der Waals surface area contributed by atoms with Crippen LogP contribution in [0.4, 0.5) is 0 Å². The molecule has 0 bridgehead atoms. The van der Waals surface area contributed by atoms with Gasteiger partial charge in [-0.15, -0.1) is 0 Å². The van der Waals surface area contributed by atoms with Gasteiger partial charge in [0.25, 0.3) is 0 Å². The zero-order valence-corrected chi connectivity index (χ0v) is 11.2. The first-order valence-corrected chi connectivity index (χ1v) is 6.18. The Balaban J connectivity index is 0.000000267. The molecular weight excluding hydrogens is 228 g/mol. The third kappa shape index (κ3) is 9.66. The second-order valence-electron chi connectivity index (χ2n) is 4.00. The molecule has 0 radical (unpaired) electrons.